The molecule has 2 aromatic rings. The predicted octanol–water partition coefficient (Wildman–Crippen LogP) is 2.61. The van der Waals surface area contributed by atoms with Crippen LogP contribution in [0.4, 0.5) is 10.3 Å². The first-order valence-corrected chi connectivity index (χ1v) is 8.85. The Morgan fingerprint density at radius 3 is 2.77 bits per heavy atom. The molecule has 0 unspecified atom stereocenters. The minimum atomic E-state index is -0.488. The summed E-state index contributed by atoms with van der Waals surface area (Å²) in [5, 5.41) is 2.75. The molecular formula is C19H23FN4O2. The van der Waals surface area contributed by atoms with E-state index >= 15 is 0 Å². The van der Waals surface area contributed by atoms with E-state index in [9.17, 15) is 9.18 Å². The molecule has 0 radical (unpaired) electrons. The summed E-state index contributed by atoms with van der Waals surface area (Å²) in [6.45, 7) is 3.88. The van der Waals surface area contributed by atoms with E-state index < -0.39 is 5.82 Å². The molecule has 0 bridgehead atoms. The monoisotopic (exact) mass is 358 g/mol. The molecule has 1 saturated heterocycles. The van der Waals surface area contributed by atoms with Crippen molar-refractivity contribution in [1.82, 2.24) is 15.3 Å². The SMILES string of the molecule is Cc1cc(CNC(=O)COc2ccccc2F)nc(N2CCCCC2)n1. The molecule has 1 amide bonds. The standard InChI is InChI=1S/C19H23FN4O2/c1-14-11-15(23-19(22-14)24-9-5-2-6-10-24)12-21-18(25)13-26-17-8-4-3-7-16(17)20/h3-4,7-8,11H,2,5-6,9-10,12-13H2,1H3,(H,21,25). The molecule has 1 aliphatic rings. The first kappa shape index (κ1) is 18.1. The summed E-state index contributed by atoms with van der Waals surface area (Å²) in [5.41, 5.74) is 1.62. The summed E-state index contributed by atoms with van der Waals surface area (Å²) in [6.07, 6.45) is 3.54. The molecule has 2 heterocycles. The van der Waals surface area contributed by atoms with Gasteiger partial charge in [0.05, 0.1) is 12.2 Å². The number of para-hydroxylation sites is 1. The normalized spacial score (nSPS) is 14.2. The highest BCUT2D eigenvalue weighted by Gasteiger charge is 2.15. The van der Waals surface area contributed by atoms with Crippen molar-refractivity contribution < 1.29 is 13.9 Å². The second-order valence-electron chi connectivity index (χ2n) is 6.34. The first-order chi connectivity index (χ1) is 12.6. The number of halogens is 1. The quantitative estimate of drug-likeness (QED) is 0.860. The van der Waals surface area contributed by atoms with Gasteiger partial charge in [-0.3, -0.25) is 4.79 Å². The molecule has 0 atom stereocenters. The first-order valence-electron chi connectivity index (χ1n) is 8.85. The molecule has 6 nitrogen and oxygen atoms in total. The highest BCUT2D eigenvalue weighted by atomic mass is 19.1. The van der Waals surface area contributed by atoms with Gasteiger partial charge in [-0.2, -0.15) is 0 Å². The highest BCUT2D eigenvalue weighted by molar-refractivity contribution is 5.77. The number of rotatable bonds is 6. The topological polar surface area (TPSA) is 67.3 Å². The molecule has 0 spiro atoms. The highest BCUT2D eigenvalue weighted by Crippen LogP contribution is 2.17. The van der Waals surface area contributed by atoms with Gasteiger partial charge in [0.2, 0.25) is 5.95 Å². The number of piperidine rings is 1. The summed E-state index contributed by atoms with van der Waals surface area (Å²) in [7, 11) is 0. The molecule has 1 aliphatic heterocycles. The van der Waals surface area contributed by atoms with Crippen molar-refractivity contribution in [2.45, 2.75) is 32.7 Å². The van der Waals surface area contributed by atoms with Crippen LogP contribution in [0.5, 0.6) is 5.75 Å². The Balaban J connectivity index is 1.54. The van der Waals surface area contributed by atoms with Crippen molar-refractivity contribution >= 4 is 11.9 Å². The molecule has 0 aliphatic carbocycles. The lowest BCUT2D eigenvalue weighted by molar-refractivity contribution is -0.123. The maximum Gasteiger partial charge on any atom is 0.258 e. The average Bonchev–Trinajstić information content (AvgIpc) is 2.66. The van der Waals surface area contributed by atoms with Crippen molar-refractivity contribution in [2.75, 3.05) is 24.6 Å². The van der Waals surface area contributed by atoms with Gasteiger partial charge in [0.1, 0.15) is 0 Å². The zero-order valence-electron chi connectivity index (χ0n) is 14.9. The summed E-state index contributed by atoms with van der Waals surface area (Å²) in [6, 6.07) is 7.85. The zero-order valence-corrected chi connectivity index (χ0v) is 14.9. The molecule has 7 heteroatoms. The number of hydrogen-bond acceptors (Lipinski definition) is 5. The third-order valence-corrected chi connectivity index (χ3v) is 4.20. The van der Waals surface area contributed by atoms with E-state index in [0.717, 1.165) is 43.3 Å². The summed E-state index contributed by atoms with van der Waals surface area (Å²) < 4.78 is 18.7. The number of carbonyl (C=O) groups excluding carboxylic acids is 1. The number of nitrogens with zero attached hydrogens (tertiary/aromatic N) is 3. The average molecular weight is 358 g/mol. The number of amides is 1. The van der Waals surface area contributed by atoms with Gasteiger partial charge in [0, 0.05) is 18.8 Å². The number of benzene rings is 1. The molecule has 1 fully saturated rings. The van der Waals surface area contributed by atoms with Crippen molar-refractivity contribution in [3.05, 3.63) is 47.5 Å². The lowest BCUT2D eigenvalue weighted by Crippen LogP contribution is -2.32. The van der Waals surface area contributed by atoms with E-state index in [1.165, 1.54) is 18.6 Å². The maximum atomic E-state index is 13.5. The smallest absolute Gasteiger partial charge is 0.258 e. The van der Waals surface area contributed by atoms with Crippen LogP contribution < -0.4 is 15.0 Å². The summed E-state index contributed by atoms with van der Waals surface area (Å²) in [4.78, 5) is 23.2. The van der Waals surface area contributed by atoms with Crippen molar-refractivity contribution in [3.63, 3.8) is 0 Å². The van der Waals surface area contributed by atoms with Crippen LogP contribution in [0.1, 0.15) is 30.7 Å². The van der Waals surface area contributed by atoms with Crippen LogP contribution in [-0.2, 0) is 11.3 Å². The second kappa shape index (κ2) is 8.60. The van der Waals surface area contributed by atoms with Crippen LogP contribution in [0.3, 0.4) is 0 Å². The lowest BCUT2D eigenvalue weighted by Gasteiger charge is -2.27. The van der Waals surface area contributed by atoms with Crippen molar-refractivity contribution in [3.8, 4) is 5.75 Å². The molecule has 3 rings (SSSR count). The predicted molar refractivity (Wildman–Crippen MR) is 96.6 cm³/mol. The fourth-order valence-corrected chi connectivity index (χ4v) is 2.89. The maximum absolute atomic E-state index is 13.5. The fraction of sp³-hybridized carbons (Fsp3) is 0.421. The molecule has 1 aromatic carbocycles. The van der Waals surface area contributed by atoms with Gasteiger partial charge in [-0.05, 0) is 44.4 Å². The van der Waals surface area contributed by atoms with Crippen LogP contribution in [0.2, 0.25) is 0 Å². The Morgan fingerprint density at radius 1 is 1.23 bits per heavy atom. The van der Waals surface area contributed by atoms with E-state index in [1.807, 2.05) is 13.0 Å². The Hall–Kier alpha value is -2.70. The van der Waals surface area contributed by atoms with Gasteiger partial charge in [0.15, 0.2) is 18.2 Å². The van der Waals surface area contributed by atoms with Crippen molar-refractivity contribution in [2.24, 2.45) is 0 Å². The largest absolute Gasteiger partial charge is 0.481 e. The number of nitrogens with one attached hydrogen (secondary N) is 1. The summed E-state index contributed by atoms with van der Waals surface area (Å²) >= 11 is 0. The van der Waals surface area contributed by atoms with E-state index in [2.05, 4.69) is 20.2 Å². The number of ether oxygens (including phenoxy) is 1. The van der Waals surface area contributed by atoms with Gasteiger partial charge in [-0.1, -0.05) is 12.1 Å². The number of aromatic nitrogens is 2. The third kappa shape index (κ3) is 4.91. The minimum Gasteiger partial charge on any atom is -0.481 e. The Morgan fingerprint density at radius 2 is 2.00 bits per heavy atom. The van der Waals surface area contributed by atoms with Gasteiger partial charge in [0.25, 0.3) is 5.91 Å². The molecule has 1 N–H and O–H groups in total. The summed E-state index contributed by atoms with van der Waals surface area (Å²) in [5.74, 6) is -0.0357. The Bertz CT molecular complexity index is 763. The van der Waals surface area contributed by atoms with Crippen LogP contribution in [0.15, 0.2) is 30.3 Å². The van der Waals surface area contributed by atoms with Crippen LogP contribution in [0, 0.1) is 12.7 Å². The van der Waals surface area contributed by atoms with Crippen molar-refractivity contribution in [1.29, 1.82) is 0 Å². The van der Waals surface area contributed by atoms with Gasteiger partial charge < -0.3 is 15.0 Å². The van der Waals surface area contributed by atoms with E-state index in [4.69, 9.17) is 4.74 Å². The number of hydrogen-bond donors (Lipinski definition) is 1. The number of aryl methyl sites for hydroxylation is 1. The van der Waals surface area contributed by atoms with E-state index in [1.54, 1.807) is 12.1 Å². The van der Waals surface area contributed by atoms with Gasteiger partial charge in [-0.25, -0.2) is 14.4 Å². The minimum absolute atomic E-state index is 0.0629. The third-order valence-electron chi connectivity index (χ3n) is 4.20. The molecule has 1 aromatic heterocycles. The lowest BCUT2D eigenvalue weighted by atomic mass is 10.1. The Kier molecular flexibility index (Phi) is 5.99. The fourth-order valence-electron chi connectivity index (χ4n) is 2.89. The van der Waals surface area contributed by atoms with Crippen LogP contribution >= 0.6 is 0 Å². The molecule has 0 saturated carbocycles. The Labute approximate surface area is 152 Å². The van der Waals surface area contributed by atoms with Gasteiger partial charge >= 0.3 is 0 Å². The van der Waals surface area contributed by atoms with E-state index in [-0.39, 0.29) is 24.8 Å². The number of carbonyl (C=O) groups is 1. The molecule has 26 heavy (non-hydrogen) atoms. The van der Waals surface area contributed by atoms with E-state index in [0.29, 0.717) is 0 Å². The number of anilines is 1. The van der Waals surface area contributed by atoms with Gasteiger partial charge in [-0.15, -0.1) is 0 Å². The zero-order chi connectivity index (χ0) is 18.4. The molecule has 138 valence electrons. The van der Waals surface area contributed by atoms with Crippen LogP contribution in [-0.4, -0.2) is 35.6 Å². The molecular weight excluding hydrogens is 335 g/mol. The second-order valence-corrected chi connectivity index (χ2v) is 6.34. The van der Waals surface area contributed by atoms with Crippen LogP contribution in [0.25, 0.3) is 0 Å².